The average molecular weight is 376 g/mol. The van der Waals surface area contributed by atoms with Gasteiger partial charge >= 0.3 is 0 Å². The number of likely N-dealkylation sites (tertiary alicyclic amines) is 1. The van der Waals surface area contributed by atoms with Crippen LogP contribution in [0.5, 0.6) is 0 Å². The highest BCUT2D eigenvalue weighted by Gasteiger charge is 2.29. The zero-order chi connectivity index (χ0) is 19.5. The van der Waals surface area contributed by atoms with Gasteiger partial charge in [0.15, 0.2) is 0 Å². The van der Waals surface area contributed by atoms with Crippen LogP contribution in [0.3, 0.4) is 0 Å². The summed E-state index contributed by atoms with van der Waals surface area (Å²) in [6.45, 7) is 3.87. The normalized spacial score (nSPS) is 16.9. The van der Waals surface area contributed by atoms with Crippen LogP contribution in [0.2, 0.25) is 0 Å². The van der Waals surface area contributed by atoms with Crippen LogP contribution < -0.4 is 5.73 Å². The van der Waals surface area contributed by atoms with Crippen molar-refractivity contribution in [1.29, 1.82) is 0 Å². The van der Waals surface area contributed by atoms with E-state index in [0.717, 1.165) is 41.6 Å². The molecule has 1 amide bonds. The van der Waals surface area contributed by atoms with Gasteiger partial charge in [-0.1, -0.05) is 47.1 Å². The molecule has 6 heteroatoms. The van der Waals surface area contributed by atoms with E-state index in [1.165, 1.54) is 0 Å². The molecular formula is C22H24N4O2. The summed E-state index contributed by atoms with van der Waals surface area (Å²) in [5.41, 5.74) is 9.47. The highest BCUT2D eigenvalue weighted by atomic mass is 16.5. The fraction of sp³-hybridized carbons (Fsp3) is 0.318. The van der Waals surface area contributed by atoms with E-state index in [0.29, 0.717) is 24.8 Å². The molecule has 1 aromatic heterocycles. The van der Waals surface area contributed by atoms with Crippen LogP contribution in [0.1, 0.15) is 46.1 Å². The number of hydrogen-bond acceptors (Lipinski definition) is 5. The molecule has 1 unspecified atom stereocenters. The highest BCUT2D eigenvalue weighted by molar-refractivity contribution is 5.94. The van der Waals surface area contributed by atoms with Gasteiger partial charge in [-0.15, -0.1) is 0 Å². The topological polar surface area (TPSA) is 85.2 Å². The Morgan fingerprint density at radius 2 is 1.93 bits per heavy atom. The number of aryl methyl sites for hydroxylation is 1. The maximum absolute atomic E-state index is 12.8. The number of piperidine rings is 1. The van der Waals surface area contributed by atoms with Gasteiger partial charge in [-0.3, -0.25) is 4.79 Å². The summed E-state index contributed by atoms with van der Waals surface area (Å²) in [5.74, 6) is 1.29. The molecule has 0 spiro atoms. The Bertz CT molecular complexity index is 947. The lowest BCUT2D eigenvalue weighted by Crippen LogP contribution is -2.39. The molecule has 0 radical (unpaired) electrons. The zero-order valence-corrected chi connectivity index (χ0v) is 16.0. The maximum atomic E-state index is 12.8. The van der Waals surface area contributed by atoms with Crippen LogP contribution in [0.15, 0.2) is 53.1 Å². The van der Waals surface area contributed by atoms with Gasteiger partial charge < -0.3 is 15.2 Å². The molecule has 4 rings (SSSR count). The SMILES string of the molecule is Cc1ccc(C(=O)N2CCCC(c3nc(-c4ccc(CN)cc4)no3)C2)cc1. The molecule has 1 saturated heterocycles. The minimum atomic E-state index is 0.0572. The van der Waals surface area contributed by atoms with Crippen molar-refractivity contribution >= 4 is 5.91 Å². The smallest absolute Gasteiger partial charge is 0.253 e. The number of rotatable bonds is 4. The van der Waals surface area contributed by atoms with Gasteiger partial charge in [-0.2, -0.15) is 4.98 Å². The van der Waals surface area contributed by atoms with Crippen molar-refractivity contribution in [3.05, 3.63) is 71.1 Å². The van der Waals surface area contributed by atoms with E-state index in [4.69, 9.17) is 10.3 Å². The quantitative estimate of drug-likeness (QED) is 0.753. The van der Waals surface area contributed by atoms with Gasteiger partial charge in [0.2, 0.25) is 11.7 Å². The van der Waals surface area contributed by atoms with Crippen LogP contribution in [0.25, 0.3) is 11.4 Å². The Hall–Kier alpha value is -2.99. The summed E-state index contributed by atoms with van der Waals surface area (Å²) in [4.78, 5) is 19.3. The second-order valence-corrected chi connectivity index (χ2v) is 7.31. The van der Waals surface area contributed by atoms with E-state index in [1.807, 2.05) is 60.4 Å². The van der Waals surface area contributed by atoms with Gasteiger partial charge in [0.1, 0.15) is 0 Å². The number of carbonyl (C=O) groups is 1. The summed E-state index contributed by atoms with van der Waals surface area (Å²) < 4.78 is 5.54. The third-order valence-electron chi connectivity index (χ3n) is 5.25. The van der Waals surface area contributed by atoms with Crippen LogP contribution >= 0.6 is 0 Å². The minimum Gasteiger partial charge on any atom is -0.339 e. The third-order valence-corrected chi connectivity index (χ3v) is 5.25. The van der Waals surface area contributed by atoms with Gasteiger partial charge in [0.05, 0.1) is 5.92 Å². The van der Waals surface area contributed by atoms with E-state index >= 15 is 0 Å². The second-order valence-electron chi connectivity index (χ2n) is 7.31. The molecule has 2 N–H and O–H groups in total. The molecule has 28 heavy (non-hydrogen) atoms. The molecule has 0 bridgehead atoms. The summed E-state index contributed by atoms with van der Waals surface area (Å²) in [7, 11) is 0. The minimum absolute atomic E-state index is 0.0572. The second kappa shape index (κ2) is 7.94. The molecule has 0 saturated carbocycles. The average Bonchev–Trinajstić information content (AvgIpc) is 3.24. The summed E-state index contributed by atoms with van der Waals surface area (Å²) in [6.07, 6.45) is 1.86. The van der Waals surface area contributed by atoms with Gasteiger partial charge in [0, 0.05) is 30.8 Å². The standard InChI is InChI=1S/C22H24N4O2/c1-15-4-8-18(9-5-15)22(27)26-12-2-3-19(14-26)21-24-20(25-28-21)17-10-6-16(13-23)7-11-17/h4-11,19H,2-3,12-14,23H2,1H3. The molecule has 0 aliphatic carbocycles. The first-order chi connectivity index (χ1) is 13.6. The molecule has 6 nitrogen and oxygen atoms in total. The Morgan fingerprint density at radius 1 is 1.18 bits per heavy atom. The summed E-state index contributed by atoms with van der Waals surface area (Å²) in [5, 5.41) is 4.13. The first-order valence-corrected chi connectivity index (χ1v) is 9.63. The third kappa shape index (κ3) is 3.82. The molecular weight excluding hydrogens is 352 g/mol. The molecule has 1 aliphatic rings. The van der Waals surface area contributed by atoms with Crippen LogP contribution in [0.4, 0.5) is 0 Å². The number of benzene rings is 2. The molecule has 1 aliphatic heterocycles. The first-order valence-electron chi connectivity index (χ1n) is 9.63. The molecule has 144 valence electrons. The predicted octanol–water partition coefficient (Wildman–Crippen LogP) is 3.52. The Morgan fingerprint density at radius 3 is 2.64 bits per heavy atom. The summed E-state index contributed by atoms with van der Waals surface area (Å²) >= 11 is 0. The Kier molecular flexibility index (Phi) is 5.21. The largest absolute Gasteiger partial charge is 0.339 e. The van der Waals surface area contributed by atoms with E-state index in [9.17, 15) is 4.79 Å². The molecule has 1 atom stereocenters. The molecule has 3 aromatic rings. The number of hydrogen-bond donors (Lipinski definition) is 1. The van der Waals surface area contributed by atoms with E-state index in [1.54, 1.807) is 0 Å². The monoisotopic (exact) mass is 376 g/mol. The van der Waals surface area contributed by atoms with Crippen molar-refractivity contribution in [3.8, 4) is 11.4 Å². The van der Waals surface area contributed by atoms with E-state index < -0.39 is 0 Å². The van der Waals surface area contributed by atoms with E-state index in [2.05, 4.69) is 10.1 Å². The predicted molar refractivity (Wildman–Crippen MR) is 107 cm³/mol. The fourth-order valence-corrected chi connectivity index (χ4v) is 3.55. The first kappa shape index (κ1) is 18.4. The molecule has 1 fully saturated rings. The van der Waals surface area contributed by atoms with Gasteiger partial charge in [-0.05, 0) is 37.5 Å². The number of amides is 1. The van der Waals surface area contributed by atoms with Crippen LogP contribution in [-0.4, -0.2) is 34.0 Å². The molecule has 2 aromatic carbocycles. The van der Waals surface area contributed by atoms with E-state index in [-0.39, 0.29) is 11.8 Å². The number of nitrogens with two attached hydrogens (primary N) is 1. The van der Waals surface area contributed by atoms with Crippen molar-refractivity contribution in [3.63, 3.8) is 0 Å². The lowest BCUT2D eigenvalue weighted by Gasteiger charge is -2.31. The van der Waals surface area contributed by atoms with Gasteiger partial charge in [-0.25, -0.2) is 0 Å². The maximum Gasteiger partial charge on any atom is 0.253 e. The molecule has 2 heterocycles. The van der Waals surface area contributed by atoms with Crippen molar-refractivity contribution in [2.24, 2.45) is 5.73 Å². The fourth-order valence-electron chi connectivity index (χ4n) is 3.55. The number of aromatic nitrogens is 2. The van der Waals surface area contributed by atoms with Crippen molar-refractivity contribution < 1.29 is 9.32 Å². The van der Waals surface area contributed by atoms with Crippen molar-refractivity contribution in [2.75, 3.05) is 13.1 Å². The Labute approximate surface area is 164 Å². The number of carbonyl (C=O) groups excluding carboxylic acids is 1. The number of nitrogens with zero attached hydrogens (tertiary/aromatic N) is 3. The zero-order valence-electron chi connectivity index (χ0n) is 16.0. The van der Waals surface area contributed by atoms with Gasteiger partial charge in [0.25, 0.3) is 5.91 Å². The van der Waals surface area contributed by atoms with Crippen molar-refractivity contribution in [1.82, 2.24) is 15.0 Å². The lowest BCUT2D eigenvalue weighted by molar-refractivity contribution is 0.0695. The van der Waals surface area contributed by atoms with Crippen LogP contribution in [0, 0.1) is 6.92 Å². The van der Waals surface area contributed by atoms with Crippen molar-refractivity contribution in [2.45, 2.75) is 32.2 Å². The summed E-state index contributed by atoms with van der Waals surface area (Å²) in [6, 6.07) is 15.5. The Balaban J connectivity index is 1.48. The lowest BCUT2D eigenvalue weighted by atomic mass is 9.97. The van der Waals surface area contributed by atoms with Crippen LogP contribution in [-0.2, 0) is 6.54 Å². The highest BCUT2D eigenvalue weighted by Crippen LogP contribution is 2.28.